The van der Waals surface area contributed by atoms with E-state index in [1.54, 1.807) is 5.57 Å². The maximum absolute atomic E-state index is 11.7. The maximum atomic E-state index is 11.7. The lowest BCUT2D eigenvalue weighted by Crippen LogP contribution is -2.43. The Morgan fingerprint density at radius 2 is 2.09 bits per heavy atom. The van der Waals surface area contributed by atoms with E-state index in [1.165, 1.54) is 17.6 Å². The number of rotatable bonds is 2. The summed E-state index contributed by atoms with van der Waals surface area (Å²) in [6, 6.07) is 0. The Balaban J connectivity index is 1.71. The first kappa shape index (κ1) is 15.8. The van der Waals surface area contributed by atoms with Gasteiger partial charge in [-0.1, -0.05) is 27.6 Å². The third kappa shape index (κ3) is 2.42. The Bertz CT molecular complexity index is 615. The standard InChI is InChI=1S/C20H25BrO2/c21-11-1-9-20-10-8-16-15-5-3-14(22)12-13(15)2-4-17(16)18(20)6-7-19(20)23/h1,11-12,17-19,23H,2-10H2/b11-1-/t17-,18+,19+,20+/m1/s1. The number of hydrogen-bond acceptors (Lipinski definition) is 2. The Morgan fingerprint density at radius 1 is 1.22 bits per heavy atom. The van der Waals surface area contributed by atoms with Crippen molar-refractivity contribution in [1.82, 2.24) is 0 Å². The van der Waals surface area contributed by atoms with Crippen molar-refractivity contribution >= 4 is 21.7 Å². The van der Waals surface area contributed by atoms with E-state index < -0.39 is 0 Å². The van der Waals surface area contributed by atoms with Gasteiger partial charge in [0.15, 0.2) is 5.78 Å². The van der Waals surface area contributed by atoms with Gasteiger partial charge in [-0.3, -0.25) is 4.79 Å². The molecule has 124 valence electrons. The van der Waals surface area contributed by atoms with Crippen molar-refractivity contribution in [1.29, 1.82) is 0 Å². The van der Waals surface area contributed by atoms with E-state index in [2.05, 4.69) is 22.0 Å². The Labute approximate surface area is 146 Å². The third-order valence-corrected chi connectivity index (χ3v) is 7.36. The zero-order valence-electron chi connectivity index (χ0n) is 13.6. The summed E-state index contributed by atoms with van der Waals surface area (Å²) in [4.78, 5) is 13.7. The smallest absolute Gasteiger partial charge is 0.156 e. The molecule has 0 unspecified atom stereocenters. The molecule has 0 spiro atoms. The van der Waals surface area contributed by atoms with Crippen LogP contribution in [0.1, 0.15) is 57.8 Å². The Morgan fingerprint density at radius 3 is 2.91 bits per heavy atom. The van der Waals surface area contributed by atoms with Gasteiger partial charge in [-0.05, 0) is 85.4 Å². The van der Waals surface area contributed by atoms with Gasteiger partial charge in [-0.15, -0.1) is 0 Å². The lowest BCUT2D eigenvalue weighted by Gasteiger charge is -2.49. The molecule has 4 rings (SSSR count). The highest BCUT2D eigenvalue weighted by molar-refractivity contribution is 9.11. The Kier molecular flexibility index (Phi) is 4.13. The van der Waals surface area contributed by atoms with Crippen LogP contribution in [0.15, 0.2) is 33.9 Å². The molecule has 0 heterocycles. The first-order chi connectivity index (χ1) is 11.2. The van der Waals surface area contributed by atoms with Crippen LogP contribution in [-0.4, -0.2) is 17.0 Å². The topological polar surface area (TPSA) is 37.3 Å². The van der Waals surface area contributed by atoms with Crippen molar-refractivity contribution in [3.8, 4) is 0 Å². The molecule has 0 aromatic rings. The number of fused-ring (bicyclic) bond motifs is 4. The lowest BCUT2D eigenvalue weighted by atomic mass is 9.55. The fourth-order valence-electron chi connectivity index (χ4n) is 5.98. The predicted octanol–water partition coefficient (Wildman–Crippen LogP) is 4.83. The quantitative estimate of drug-likeness (QED) is 0.748. The van der Waals surface area contributed by atoms with Crippen LogP contribution in [0.5, 0.6) is 0 Å². The Hall–Kier alpha value is -0.670. The summed E-state index contributed by atoms with van der Waals surface area (Å²) >= 11 is 3.40. The number of aliphatic hydroxyl groups excluding tert-OH is 1. The summed E-state index contributed by atoms with van der Waals surface area (Å²) in [6.07, 6.45) is 13.2. The van der Waals surface area contributed by atoms with Crippen LogP contribution in [0.3, 0.4) is 0 Å². The molecule has 0 aromatic carbocycles. The molecular weight excluding hydrogens is 352 g/mol. The minimum absolute atomic E-state index is 0.0880. The normalized spacial score (nSPS) is 40.0. The summed E-state index contributed by atoms with van der Waals surface area (Å²) in [5.74, 6) is 1.58. The van der Waals surface area contributed by atoms with Gasteiger partial charge in [0.25, 0.3) is 0 Å². The second-order valence-electron chi connectivity index (χ2n) is 7.78. The van der Waals surface area contributed by atoms with Crippen molar-refractivity contribution in [3.05, 3.63) is 33.9 Å². The maximum Gasteiger partial charge on any atom is 0.156 e. The zero-order chi connectivity index (χ0) is 16.0. The van der Waals surface area contributed by atoms with Crippen molar-refractivity contribution in [2.45, 2.75) is 63.9 Å². The van der Waals surface area contributed by atoms with Gasteiger partial charge < -0.3 is 5.11 Å². The molecule has 0 amide bonds. The summed E-state index contributed by atoms with van der Waals surface area (Å²) in [7, 11) is 0. The molecule has 4 atom stereocenters. The highest BCUT2D eigenvalue weighted by Crippen LogP contribution is 2.61. The molecule has 4 aliphatic carbocycles. The molecule has 23 heavy (non-hydrogen) atoms. The van der Waals surface area contributed by atoms with E-state index in [-0.39, 0.29) is 11.5 Å². The molecule has 0 aliphatic heterocycles. The highest BCUT2D eigenvalue weighted by Gasteiger charge is 2.55. The fourth-order valence-corrected chi connectivity index (χ4v) is 6.16. The van der Waals surface area contributed by atoms with Crippen molar-refractivity contribution in [2.75, 3.05) is 0 Å². The lowest BCUT2D eigenvalue weighted by molar-refractivity contribution is -0.114. The molecular formula is C20H25BrO2. The summed E-state index contributed by atoms with van der Waals surface area (Å²) < 4.78 is 0. The molecule has 1 N–H and O–H groups in total. The van der Waals surface area contributed by atoms with E-state index in [0.29, 0.717) is 24.0 Å². The van der Waals surface area contributed by atoms with Crippen LogP contribution in [0, 0.1) is 17.3 Å². The number of hydrogen-bond donors (Lipinski definition) is 1. The number of allylic oxidation sites excluding steroid dienone is 5. The second kappa shape index (κ2) is 6.00. The minimum Gasteiger partial charge on any atom is -0.393 e. The van der Waals surface area contributed by atoms with Gasteiger partial charge in [0.05, 0.1) is 6.10 Å². The average Bonchev–Trinajstić information content (AvgIpc) is 2.89. The highest BCUT2D eigenvalue weighted by atomic mass is 79.9. The van der Waals surface area contributed by atoms with Crippen molar-refractivity contribution < 1.29 is 9.90 Å². The number of ketones is 1. The van der Waals surface area contributed by atoms with Gasteiger partial charge in [0.1, 0.15) is 0 Å². The molecule has 2 nitrogen and oxygen atoms in total. The summed E-state index contributed by atoms with van der Waals surface area (Å²) in [5, 5.41) is 10.7. The van der Waals surface area contributed by atoms with Gasteiger partial charge in [-0.25, -0.2) is 0 Å². The van der Waals surface area contributed by atoms with Crippen molar-refractivity contribution in [2.24, 2.45) is 17.3 Å². The summed E-state index contributed by atoms with van der Waals surface area (Å²) in [5.41, 5.74) is 4.59. The molecule has 3 heteroatoms. The van der Waals surface area contributed by atoms with Crippen LogP contribution in [-0.2, 0) is 4.79 Å². The number of halogens is 1. The van der Waals surface area contributed by atoms with Crippen LogP contribution in [0.4, 0.5) is 0 Å². The third-order valence-electron chi connectivity index (χ3n) is 6.99. The number of carbonyl (C=O) groups excluding carboxylic acids is 1. The van der Waals surface area contributed by atoms with Gasteiger partial charge in [-0.2, -0.15) is 0 Å². The number of aliphatic hydroxyl groups is 1. The molecule has 2 fully saturated rings. The predicted molar refractivity (Wildman–Crippen MR) is 95.2 cm³/mol. The van der Waals surface area contributed by atoms with Crippen LogP contribution >= 0.6 is 15.9 Å². The molecule has 2 saturated carbocycles. The molecule has 0 bridgehead atoms. The monoisotopic (exact) mass is 376 g/mol. The largest absolute Gasteiger partial charge is 0.393 e. The first-order valence-corrected chi connectivity index (χ1v) is 9.96. The number of carbonyl (C=O) groups is 1. The first-order valence-electron chi connectivity index (χ1n) is 9.04. The van der Waals surface area contributed by atoms with Crippen molar-refractivity contribution in [3.63, 3.8) is 0 Å². The average molecular weight is 377 g/mol. The SMILES string of the molecule is O=C1C=C2CC[C@@H]3C(=C2CC1)CC[C@]1(C/C=C\Br)[C@@H](O)CC[C@@H]31. The second-order valence-corrected chi connectivity index (χ2v) is 8.31. The zero-order valence-corrected chi connectivity index (χ0v) is 15.1. The van der Waals surface area contributed by atoms with E-state index >= 15 is 0 Å². The van der Waals surface area contributed by atoms with E-state index in [0.717, 1.165) is 44.9 Å². The fraction of sp³-hybridized carbons (Fsp3) is 0.650. The van der Waals surface area contributed by atoms with Gasteiger partial charge >= 0.3 is 0 Å². The van der Waals surface area contributed by atoms with Gasteiger partial charge in [0, 0.05) is 11.8 Å². The van der Waals surface area contributed by atoms with Crippen LogP contribution in [0.25, 0.3) is 0 Å². The van der Waals surface area contributed by atoms with E-state index in [9.17, 15) is 9.90 Å². The van der Waals surface area contributed by atoms with Crippen LogP contribution in [0.2, 0.25) is 0 Å². The molecule has 4 aliphatic rings. The van der Waals surface area contributed by atoms with Crippen LogP contribution < -0.4 is 0 Å². The van der Waals surface area contributed by atoms with Gasteiger partial charge in [0.2, 0.25) is 0 Å². The molecule has 0 saturated heterocycles. The summed E-state index contributed by atoms with van der Waals surface area (Å²) in [6.45, 7) is 0. The van der Waals surface area contributed by atoms with E-state index in [1.807, 2.05) is 11.1 Å². The molecule has 0 aromatic heterocycles. The van der Waals surface area contributed by atoms with E-state index in [4.69, 9.17) is 0 Å². The minimum atomic E-state index is -0.146. The molecule has 0 radical (unpaired) electrons.